The molecule has 0 unspecified atom stereocenters. The number of aromatic nitrogens is 2. The van der Waals surface area contributed by atoms with Gasteiger partial charge in [0.1, 0.15) is 6.54 Å². The van der Waals surface area contributed by atoms with Crippen LogP contribution < -0.4 is 10.9 Å². The summed E-state index contributed by atoms with van der Waals surface area (Å²) in [7, 11) is 0. The molecule has 0 aliphatic heterocycles. The Hall–Kier alpha value is -2.66. The molecule has 1 aromatic heterocycles. The maximum Gasteiger partial charge on any atom is 0.275 e. The minimum absolute atomic E-state index is 0.113. The number of nitrogens with zero attached hydrogens (tertiary/aromatic N) is 2. The van der Waals surface area contributed by atoms with Gasteiger partial charge in [-0.1, -0.05) is 41.9 Å². The van der Waals surface area contributed by atoms with E-state index < -0.39 is 0 Å². The lowest BCUT2D eigenvalue weighted by atomic mass is 10.1. The number of nitrogens with one attached hydrogen (secondary N) is 1. The Labute approximate surface area is 143 Å². The number of hydrogen-bond acceptors (Lipinski definition) is 3. The van der Waals surface area contributed by atoms with Crippen molar-refractivity contribution in [2.75, 3.05) is 0 Å². The molecule has 0 saturated heterocycles. The van der Waals surface area contributed by atoms with Gasteiger partial charge >= 0.3 is 0 Å². The summed E-state index contributed by atoms with van der Waals surface area (Å²) in [5.41, 5.74) is 1.39. The fourth-order valence-electron chi connectivity index (χ4n) is 2.51. The third-order valence-electron chi connectivity index (χ3n) is 3.75. The normalized spacial score (nSPS) is 10.8. The molecule has 0 fully saturated rings. The number of aryl methyl sites for hydroxylation is 1. The number of halogens is 1. The van der Waals surface area contributed by atoms with Crippen molar-refractivity contribution in [2.24, 2.45) is 0 Å². The molecule has 0 bridgehead atoms. The Balaban J connectivity index is 1.75. The molecule has 0 spiro atoms. The molecule has 0 aliphatic rings. The molecule has 2 aromatic carbocycles. The predicted molar refractivity (Wildman–Crippen MR) is 94.0 cm³/mol. The summed E-state index contributed by atoms with van der Waals surface area (Å²) in [6.07, 6.45) is 0. The van der Waals surface area contributed by atoms with Gasteiger partial charge in [-0.2, -0.15) is 5.10 Å². The molecule has 3 rings (SSSR count). The minimum Gasteiger partial charge on any atom is -0.350 e. The molecule has 0 saturated carbocycles. The first-order valence-electron chi connectivity index (χ1n) is 7.52. The smallest absolute Gasteiger partial charge is 0.275 e. The van der Waals surface area contributed by atoms with Crippen LogP contribution in [0.15, 0.2) is 53.3 Å². The van der Waals surface area contributed by atoms with Crippen LogP contribution in [0, 0.1) is 6.92 Å². The van der Waals surface area contributed by atoms with Crippen molar-refractivity contribution < 1.29 is 4.79 Å². The van der Waals surface area contributed by atoms with Crippen LogP contribution in [0.4, 0.5) is 0 Å². The zero-order valence-electron chi connectivity index (χ0n) is 13.1. The molecule has 0 radical (unpaired) electrons. The lowest BCUT2D eigenvalue weighted by Gasteiger charge is -2.09. The lowest BCUT2D eigenvalue weighted by Crippen LogP contribution is -2.33. The van der Waals surface area contributed by atoms with Gasteiger partial charge in [0.15, 0.2) is 0 Å². The van der Waals surface area contributed by atoms with Gasteiger partial charge in [-0.15, -0.1) is 0 Å². The van der Waals surface area contributed by atoms with Crippen molar-refractivity contribution >= 4 is 28.3 Å². The summed E-state index contributed by atoms with van der Waals surface area (Å²) in [4.78, 5) is 24.5. The molecule has 3 aromatic rings. The summed E-state index contributed by atoms with van der Waals surface area (Å²) in [6, 6.07) is 14.5. The van der Waals surface area contributed by atoms with Crippen molar-refractivity contribution in [3.8, 4) is 0 Å². The number of benzene rings is 2. The van der Waals surface area contributed by atoms with Crippen LogP contribution in [-0.4, -0.2) is 15.7 Å². The molecule has 122 valence electrons. The fraction of sp³-hybridized carbons (Fsp3) is 0.167. The Kier molecular flexibility index (Phi) is 4.62. The van der Waals surface area contributed by atoms with Crippen LogP contribution in [0.25, 0.3) is 10.8 Å². The van der Waals surface area contributed by atoms with Gasteiger partial charge in [0.25, 0.3) is 5.56 Å². The van der Waals surface area contributed by atoms with E-state index in [1.165, 1.54) is 4.68 Å². The summed E-state index contributed by atoms with van der Waals surface area (Å²) in [5.74, 6) is -0.269. The molecule has 0 atom stereocenters. The van der Waals surface area contributed by atoms with Gasteiger partial charge in [-0.05, 0) is 30.7 Å². The van der Waals surface area contributed by atoms with E-state index in [4.69, 9.17) is 11.6 Å². The van der Waals surface area contributed by atoms with Crippen LogP contribution in [0.3, 0.4) is 0 Å². The van der Waals surface area contributed by atoms with Gasteiger partial charge in [0.05, 0.1) is 11.1 Å². The van der Waals surface area contributed by atoms with Gasteiger partial charge in [-0.3, -0.25) is 9.59 Å². The van der Waals surface area contributed by atoms with E-state index in [2.05, 4.69) is 10.4 Å². The largest absolute Gasteiger partial charge is 0.350 e. The Morgan fingerprint density at radius 1 is 1.12 bits per heavy atom. The van der Waals surface area contributed by atoms with Crippen molar-refractivity contribution in [1.82, 2.24) is 15.1 Å². The Morgan fingerprint density at radius 3 is 2.50 bits per heavy atom. The SMILES string of the molecule is Cc1nn(CC(=O)NCc2ccc(Cl)cc2)c(=O)c2ccccc12. The van der Waals surface area contributed by atoms with Gasteiger partial charge in [0.2, 0.25) is 5.91 Å². The summed E-state index contributed by atoms with van der Waals surface area (Å²) in [6.45, 7) is 2.08. The standard InChI is InChI=1S/C18H16ClN3O2/c1-12-15-4-2-3-5-16(15)18(24)22(21-12)11-17(23)20-10-13-6-8-14(19)9-7-13/h2-9H,10-11H2,1H3,(H,20,23). The van der Waals surface area contributed by atoms with Crippen LogP contribution in [0.5, 0.6) is 0 Å². The average molecular weight is 342 g/mol. The quantitative estimate of drug-likeness (QED) is 0.793. The van der Waals surface area contributed by atoms with Crippen LogP contribution in [0.2, 0.25) is 5.02 Å². The van der Waals surface area contributed by atoms with Gasteiger partial charge in [0, 0.05) is 17.0 Å². The molecule has 1 heterocycles. The second kappa shape index (κ2) is 6.84. The van der Waals surface area contributed by atoms with Crippen LogP contribution >= 0.6 is 11.6 Å². The fourth-order valence-corrected chi connectivity index (χ4v) is 2.63. The van der Waals surface area contributed by atoms with Crippen molar-refractivity contribution in [3.05, 3.63) is 75.2 Å². The Morgan fingerprint density at radius 2 is 1.79 bits per heavy atom. The molecular formula is C18H16ClN3O2. The summed E-state index contributed by atoms with van der Waals surface area (Å²) in [5, 5.41) is 9.03. The molecule has 0 aliphatic carbocycles. The maximum absolute atomic E-state index is 12.4. The number of rotatable bonds is 4. The number of fused-ring (bicyclic) bond motifs is 1. The zero-order chi connectivity index (χ0) is 17.1. The van der Waals surface area contributed by atoms with Crippen LogP contribution in [0.1, 0.15) is 11.3 Å². The number of carbonyl (C=O) groups excluding carboxylic acids is 1. The van der Waals surface area contributed by atoms with Crippen molar-refractivity contribution in [2.45, 2.75) is 20.0 Å². The third kappa shape index (κ3) is 3.46. The topological polar surface area (TPSA) is 64.0 Å². The molecule has 1 N–H and O–H groups in total. The van der Waals surface area contributed by atoms with E-state index in [1.54, 1.807) is 24.3 Å². The first-order valence-corrected chi connectivity index (χ1v) is 7.90. The van der Waals surface area contributed by atoms with Crippen molar-refractivity contribution in [1.29, 1.82) is 0 Å². The van der Waals surface area contributed by atoms with E-state index in [0.29, 0.717) is 17.0 Å². The maximum atomic E-state index is 12.4. The van der Waals surface area contributed by atoms with Crippen LogP contribution in [-0.2, 0) is 17.9 Å². The zero-order valence-corrected chi connectivity index (χ0v) is 13.9. The highest BCUT2D eigenvalue weighted by atomic mass is 35.5. The lowest BCUT2D eigenvalue weighted by molar-refractivity contribution is -0.122. The highest BCUT2D eigenvalue weighted by Crippen LogP contribution is 2.12. The highest BCUT2D eigenvalue weighted by molar-refractivity contribution is 6.30. The first-order chi connectivity index (χ1) is 11.5. The van der Waals surface area contributed by atoms with Crippen molar-refractivity contribution in [3.63, 3.8) is 0 Å². The Bertz CT molecular complexity index is 949. The van der Waals surface area contributed by atoms with E-state index >= 15 is 0 Å². The van der Waals surface area contributed by atoms with E-state index in [0.717, 1.165) is 16.6 Å². The minimum atomic E-state index is -0.269. The average Bonchev–Trinajstić information content (AvgIpc) is 2.59. The molecule has 5 nitrogen and oxygen atoms in total. The summed E-state index contributed by atoms with van der Waals surface area (Å²) < 4.78 is 1.20. The second-order valence-corrected chi connectivity index (χ2v) is 5.93. The predicted octanol–water partition coefficient (Wildman–Crippen LogP) is 2.67. The molecular weight excluding hydrogens is 326 g/mol. The first kappa shape index (κ1) is 16.2. The van der Waals surface area contributed by atoms with E-state index in [1.807, 2.05) is 31.2 Å². The number of carbonyl (C=O) groups is 1. The molecule has 6 heteroatoms. The highest BCUT2D eigenvalue weighted by Gasteiger charge is 2.10. The number of amides is 1. The van der Waals surface area contributed by atoms with Gasteiger partial charge < -0.3 is 5.32 Å². The van der Waals surface area contributed by atoms with Gasteiger partial charge in [-0.25, -0.2) is 4.68 Å². The number of hydrogen-bond donors (Lipinski definition) is 1. The van der Waals surface area contributed by atoms with E-state index in [-0.39, 0.29) is 18.0 Å². The molecule has 24 heavy (non-hydrogen) atoms. The second-order valence-electron chi connectivity index (χ2n) is 5.50. The molecule has 1 amide bonds. The summed E-state index contributed by atoms with van der Waals surface area (Å²) >= 11 is 5.83. The third-order valence-corrected chi connectivity index (χ3v) is 4.00. The van der Waals surface area contributed by atoms with E-state index in [9.17, 15) is 9.59 Å². The monoisotopic (exact) mass is 341 g/mol.